The predicted molar refractivity (Wildman–Crippen MR) is 86.5 cm³/mol. The number of nitrogens with one attached hydrogen (secondary N) is 1. The molecule has 2 aromatic rings. The lowest BCUT2D eigenvalue weighted by Crippen LogP contribution is -2.45. The minimum absolute atomic E-state index is 0.414. The highest BCUT2D eigenvalue weighted by molar-refractivity contribution is 7.10. The normalized spacial score (nSPS) is 18.1. The molecule has 1 atom stereocenters. The minimum atomic E-state index is 0.414. The quantitative estimate of drug-likeness (QED) is 0.931. The van der Waals surface area contributed by atoms with E-state index in [0.29, 0.717) is 6.04 Å². The molecule has 2 nitrogen and oxygen atoms in total. The number of hydrogen-bond donors (Lipinski definition) is 1. The Balaban J connectivity index is 2.02. The molecular weight excluding hydrogens is 264 g/mol. The van der Waals surface area contributed by atoms with Gasteiger partial charge in [0.15, 0.2) is 0 Å². The lowest BCUT2D eigenvalue weighted by Gasteiger charge is -2.35. The molecule has 0 aliphatic carbocycles. The van der Waals surface area contributed by atoms with Crippen molar-refractivity contribution in [3.05, 3.63) is 57.3 Å². The molecule has 1 aromatic heterocycles. The van der Waals surface area contributed by atoms with Crippen molar-refractivity contribution in [2.75, 3.05) is 26.2 Å². The number of piperazine rings is 1. The van der Waals surface area contributed by atoms with Gasteiger partial charge in [-0.15, -0.1) is 11.3 Å². The van der Waals surface area contributed by atoms with Crippen LogP contribution in [0.4, 0.5) is 0 Å². The van der Waals surface area contributed by atoms with Crippen LogP contribution in [0.15, 0.2) is 35.7 Å². The first-order valence-electron chi connectivity index (χ1n) is 7.31. The molecule has 2 heterocycles. The number of thiophene rings is 1. The Morgan fingerprint density at radius 3 is 2.65 bits per heavy atom. The summed E-state index contributed by atoms with van der Waals surface area (Å²) in [7, 11) is 0. The molecule has 3 heteroatoms. The highest BCUT2D eigenvalue weighted by Crippen LogP contribution is 2.34. The summed E-state index contributed by atoms with van der Waals surface area (Å²) in [5.74, 6) is 0. The Bertz CT molecular complexity index is 556. The maximum absolute atomic E-state index is 3.45. The van der Waals surface area contributed by atoms with E-state index >= 15 is 0 Å². The van der Waals surface area contributed by atoms with Crippen LogP contribution in [0.5, 0.6) is 0 Å². The lowest BCUT2D eigenvalue weighted by atomic mass is 9.96. The summed E-state index contributed by atoms with van der Waals surface area (Å²) >= 11 is 1.87. The third kappa shape index (κ3) is 2.80. The van der Waals surface area contributed by atoms with Gasteiger partial charge >= 0.3 is 0 Å². The SMILES string of the molecule is Cc1ccc(C)c([C@@H](c2cccs2)N2CCNCC2)c1. The van der Waals surface area contributed by atoms with Gasteiger partial charge in [-0.05, 0) is 36.4 Å². The van der Waals surface area contributed by atoms with Crippen LogP contribution in [0.1, 0.15) is 27.6 Å². The van der Waals surface area contributed by atoms with Crippen molar-refractivity contribution in [3.8, 4) is 0 Å². The Morgan fingerprint density at radius 2 is 1.95 bits per heavy atom. The van der Waals surface area contributed by atoms with Gasteiger partial charge in [-0.25, -0.2) is 0 Å². The molecule has 20 heavy (non-hydrogen) atoms. The summed E-state index contributed by atoms with van der Waals surface area (Å²) in [6, 6.07) is 11.7. The van der Waals surface area contributed by atoms with E-state index in [0.717, 1.165) is 26.2 Å². The van der Waals surface area contributed by atoms with Crippen LogP contribution in [0.3, 0.4) is 0 Å². The molecule has 0 unspecified atom stereocenters. The second-order valence-corrected chi connectivity index (χ2v) is 6.54. The van der Waals surface area contributed by atoms with Crippen LogP contribution in [-0.2, 0) is 0 Å². The van der Waals surface area contributed by atoms with E-state index in [-0.39, 0.29) is 0 Å². The first-order chi connectivity index (χ1) is 9.75. The topological polar surface area (TPSA) is 15.3 Å². The number of hydrogen-bond acceptors (Lipinski definition) is 3. The van der Waals surface area contributed by atoms with Crippen molar-refractivity contribution in [2.45, 2.75) is 19.9 Å². The van der Waals surface area contributed by atoms with Gasteiger partial charge in [0.05, 0.1) is 6.04 Å². The first kappa shape index (κ1) is 13.8. The van der Waals surface area contributed by atoms with Gasteiger partial charge in [0, 0.05) is 31.1 Å². The fraction of sp³-hybridized carbons (Fsp3) is 0.412. The standard InChI is InChI=1S/C17H22N2S/c1-13-5-6-14(2)15(12-13)17(16-4-3-11-20-16)19-9-7-18-8-10-19/h3-6,11-12,17-18H,7-10H2,1-2H3/t17-/m0/s1. The van der Waals surface area contributed by atoms with Gasteiger partial charge < -0.3 is 5.32 Å². The fourth-order valence-electron chi connectivity index (χ4n) is 2.97. The van der Waals surface area contributed by atoms with Crippen molar-refractivity contribution in [1.29, 1.82) is 0 Å². The summed E-state index contributed by atoms with van der Waals surface area (Å²) in [5.41, 5.74) is 4.21. The Morgan fingerprint density at radius 1 is 1.15 bits per heavy atom. The molecule has 3 rings (SSSR count). The van der Waals surface area contributed by atoms with Crippen molar-refractivity contribution in [3.63, 3.8) is 0 Å². The molecule has 1 aliphatic rings. The van der Waals surface area contributed by atoms with Crippen LogP contribution in [0.2, 0.25) is 0 Å². The van der Waals surface area contributed by atoms with E-state index in [9.17, 15) is 0 Å². The zero-order chi connectivity index (χ0) is 13.9. The van der Waals surface area contributed by atoms with Crippen LogP contribution in [0.25, 0.3) is 0 Å². The molecule has 0 radical (unpaired) electrons. The molecule has 106 valence electrons. The van der Waals surface area contributed by atoms with Crippen molar-refractivity contribution in [1.82, 2.24) is 10.2 Å². The second-order valence-electron chi connectivity index (χ2n) is 5.56. The monoisotopic (exact) mass is 286 g/mol. The van der Waals surface area contributed by atoms with E-state index in [1.54, 1.807) is 0 Å². The molecule has 1 fully saturated rings. The molecule has 0 bridgehead atoms. The summed E-state index contributed by atoms with van der Waals surface area (Å²) in [6.07, 6.45) is 0. The third-order valence-electron chi connectivity index (χ3n) is 4.06. The first-order valence-corrected chi connectivity index (χ1v) is 8.19. The Labute approximate surface area is 125 Å². The average Bonchev–Trinajstić information content (AvgIpc) is 2.98. The summed E-state index contributed by atoms with van der Waals surface area (Å²) < 4.78 is 0. The smallest absolute Gasteiger partial charge is 0.0699 e. The highest BCUT2D eigenvalue weighted by Gasteiger charge is 2.25. The van der Waals surface area contributed by atoms with E-state index in [4.69, 9.17) is 0 Å². The summed E-state index contributed by atoms with van der Waals surface area (Å²) in [6.45, 7) is 8.84. The Hall–Kier alpha value is -1.16. The summed E-state index contributed by atoms with van der Waals surface area (Å²) in [4.78, 5) is 4.07. The van der Waals surface area contributed by atoms with Gasteiger partial charge in [0.1, 0.15) is 0 Å². The van der Waals surface area contributed by atoms with E-state index in [1.165, 1.54) is 21.6 Å². The number of rotatable bonds is 3. The predicted octanol–water partition coefficient (Wildman–Crippen LogP) is 3.36. The molecule has 0 amide bonds. The van der Waals surface area contributed by atoms with Gasteiger partial charge in [0.25, 0.3) is 0 Å². The van der Waals surface area contributed by atoms with Crippen molar-refractivity contribution in [2.24, 2.45) is 0 Å². The molecule has 0 saturated carbocycles. The maximum atomic E-state index is 3.45. The van der Waals surface area contributed by atoms with Crippen LogP contribution < -0.4 is 5.32 Å². The van der Waals surface area contributed by atoms with E-state index in [2.05, 4.69) is 59.8 Å². The molecule has 1 aliphatic heterocycles. The van der Waals surface area contributed by atoms with Crippen LogP contribution in [-0.4, -0.2) is 31.1 Å². The second kappa shape index (κ2) is 6.08. The zero-order valence-electron chi connectivity index (χ0n) is 12.2. The van der Waals surface area contributed by atoms with E-state index in [1.807, 2.05) is 11.3 Å². The van der Waals surface area contributed by atoms with Gasteiger partial charge in [-0.3, -0.25) is 4.90 Å². The van der Waals surface area contributed by atoms with E-state index < -0.39 is 0 Å². The van der Waals surface area contributed by atoms with Gasteiger partial charge in [0.2, 0.25) is 0 Å². The zero-order valence-corrected chi connectivity index (χ0v) is 13.0. The largest absolute Gasteiger partial charge is 0.314 e. The number of aryl methyl sites for hydroxylation is 2. The number of benzene rings is 1. The maximum Gasteiger partial charge on any atom is 0.0699 e. The van der Waals surface area contributed by atoms with Gasteiger partial charge in [-0.2, -0.15) is 0 Å². The average molecular weight is 286 g/mol. The molecular formula is C17H22N2S. The van der Waals surface area contributed by atoms with Crippen LogP contribution in [0, 0.1) is 13.8 Å². The molecule has 1 saturated heterocycles. The molecule has 1 N–H and O–H groups in total. The lowest BCUT2D eigenvalue weighted by molar-refractivity contribution is 0.200. The molecule has 1 aromatic carbocycles. The highest BCUT2D eigenvalue weighted by atomic mass is 32.1. The Kier molecular flexibility index (Phi) is 4.20. The summed E-state index contributed by atoms with van der Waals surface area (Å²) in [5, 5.41) is 5.64. The number of nitrogens with zero attached hydrogens (tertiary/aromatic N) is 1. The van der Waals surface area contributed by atoms with Gasteiger partial charge in [-0.1, -0.05) is 29.8 Å². The van der Waals surface area contributed by atoms with Crippen molar-refractivity contribution < 1.29 is 0 Å². The van der Waals surface area contributed by atoms with Crippen molar-refractivity contribution >= 4 is 11.3 Å². The molecule has 0 spiro atoms. The van der Waals surface area contributed by atoms with Crippen LogP contribution >= 0.6 is 11.3 Å². The fourth-order valence-corrected chi connectivity index (χ4v) is 3.85. The minimum Gasteiger partial charge on any atom is -0.314 e. The third-order valence-corrected chi connectivity index (χ3v) is 4.98.